The van der Waals surface area contributed by atoms with E-state index in [1.807, 2.05) is 0 Å². The third-order valence-electron chi connectivity index (χ3n) is 28.5. The van der Waals surface area contributed by atoms with E-state index in [4.69, 9.17) is 0 Å². The lowest BCUT2D eigenvalue weighted by atomic mass is 9.83. The number of hydrogen-bond acceptors (Lipinski definition) is 0. The molecule has 0 aromatic heterocycles. The fourth-order valence-corrected chi connectivity index (χ4v) is 21.7. The van der Waals surface area contributed by atoms with Crippen LogP contribution in [0.1, 0.15) is 0 Å². The quantitative estimate of drug-likeness (QED) is 0.101. The Morgan fingerprint density at radius 1 is 0.0714 bits per heavy atom. The minimum atomic E-state index is 1.21. The van der Waals surface area contributed by atoms with E-state index < -0.39 is 0 Å². The molecule has 0 saturated carbocycles. The molecule has 0 aliphatic heterocycles. The maximum absolute atomic E-state index is 2.43. The highest BCUT2D eigenvalue weighted by Crippen LogP contribution is 2.52. The summed E-state index contributed by atoms with van der Waals surface area (Å²) in [5, 5.41) is 27.7. The molecule has 0 bridgehead atoms. The molecule has 0 spiro atoms. The molecule has 0 heteroatoms. The summed E-state index contributed by atoms with van der Waals surface area (Å²) in [7, 11) is 0. The van der Waals surface area contributed by atoms with E-state index >= 15 is 0 Å². The Kier molecular flexibility index (Phi) is 21.8. The molecule has 0 saturated heterocycles. The Morgan fingerprint density at radius 3 is 0.679 bits per heavy atom. The summed E-state index contributed by atoms with van der Waals surface area (Å²) in [4.78, 5) is 0. The third kappa shape index (κ3) is 15.8. The van der Waals surface area contributed by atoms with E-state index in [1.54, 1.807) is 0 Å². The van der Waals surface area contributed by atoms with Gasteiger partial charge >= 0.3 is 0 Å². The van der Waals surface area contributed by atoms with Crippen LogP contribution in [0.5, 0.6) is 0 Å². The molecule has 27 rings (SSSR count). The molecule has 0 atom stereocenters. The van der Waals surface area contributed by atoms with Gasteiger partial charge in [-0.1, -0.05) is 491 Å². The van der Waals surface area contributed by atoms with Gasteiger partial charge in [0, 0.05) is 0 Å². The summed E-state index contributed by atoms with van der Waals surface area (Å²) in [6.45, 7) is 0. The minimum absolute atomic E-state index is 1.21. The van der Waals surface area contributed by atoms with Gasteiger partial charge < -0.3 is 0 Å². The van der Waals surface area contributed by atoms with Gasteiger partial charge in [0.05, 0.1) is 0 Å². The van der Waals surface area contributed by atoms with Crippen LogP contribution in [0.4, 0.5) is 0 Å². The number of benzene rings is 27. The van der Waals surface area contributed by atoms with E-state index in [0.29, 0.717) is 0 Å². The van der Waals surface area contributed by atoms with Gasteiger partial charge in [-0.15, -0.1) is 0 Å². The van der Waals surface area contributed by atoms with Crippen LogP contribution in [0.25, 0.3) is 263 Å². The second-order valence-corrected chi connectivity index (χ2v) is 36.7. The van der Waals surface area contributed by atoms with Crippen LogP contribution in [0.3, 0.4) is 0 Å². The number of fused-ring (bicyclic) bond motifs is 11. The third-order valence-corrected chi connectivity index (χ3v) is 28.5. The van der Waals surface area contributed by atoms with Crippen molar-refractivity contribution >= 4 is 118 Å². The smallest absolute Gasteiger partial charge is 0.00199 e. The second kappa shape index (κ2) is 36.5. The van der Waals surface area contributed by atoms with Crippen LogP contribution in [0.15, 0.2) is 558 Å². The van der Waals surface area contributed by atoms with Crippen molar-refractivity contribution < 1.29 is 0 Å². The van der Waals surface area contributed by atoms with Gasteiger partial charge in [0.1, 0.15) is 0 Å². The zero-order valence-electron chi connectivity index (χ0n) is 77.1. The molecule has 652 valence electrons. The average Bonchev–Trinajstić information content (AvgIpc) is 0.731. The molecule has 140 heavy (non-hydrogen) atoms. The maximum Gasteiger partial charge on any atom is -0.00199 e. The van der Waals surface area contributed by atoms with Crippen molar-refractivity contribution in [3.63, 3.8) is 0 Å². The molecule has 0 aliphatic rings. The largest absolute Gasteiger partial charge is 0.0622 e. The lowest BCUT2D eigenvalue weighted by molar-refractivity contribution is 1.58. The molecule has 0 unspecified atom stereocenters. The first-order valence-electron chi connectivity index (χ1n) is 48.5. The molecule has 0 radical (unpaired) electrons. The normalized spacial score (nSPS) is 11.4. The predicted molar refractivity (Wildman–Crippen MR) is 603 cm³/mol. The molecule has 27 aromatic carbocycles. The van der Waals surface area contributed by atoms with Gasteiger partial charge in [0.15, 0.2) is 0 Å². The van der Waals surface area contributed by atoms with Crippen molar-refractivity contribution in [1.29, 1.82) is 0 Å². The Hall–Kier alpha value is -18.2. The summed E-state index contributed by atoms with van der Waals surface area (Å²) in [5.74, 6) is 0. The fourth-order valence-electron chi connectivity index (χ4n) is 21.7. The highest BCUT2D eigenvalue weighted by atomic mass is 14.3. The average molecular weight is 1770 g/mol. The Labute approximate surface area is 815 Å². The Morgan fingerprint density at radius 2 is 0.271 bits per heavy atom. The predicted octanol–water partition coefficient (Wildman–Crippen LogP) is 39.4. The van der Waals surface area contributed by atoms with Gasteiger partial charge in [0.2, 0.25) is 0 Å². The summed E-state index contributed by atoms with van der Waals surface area (Å²) in [5.41, 5.74) is 32.1. The van der Waals surface area contributed by atoms with Gasteiger partial charge in [-0.3, -0.25) is 0 Å². The lowest BCUT2D eigenvalue weighted by Crippen LogP contribution is -1.93. The summed E-state index contributed by atoms with van der Waals surface area (Å²) in [6, 6.07) is 204. The topological polar surface area (TPSA) is 0 Å². The van der Waals surface area contributed by atoms with E-state index in [1.165, 1.54) is 263 Å². The van der Waals surface area contributed by atoms with Crippen LogP contribution in [0, 0.1) is 0 Å². The van der Waals surface area contributed by atoms with Crippen molar-refractivity contribution in [2.24, 2.45) is 0 Å². The van der Waals surface area contributed by atoms with Crippen molar-refractivity contribution in [2.75, 3.05) is 0 Å². The second-order valence-electron chi connectivity index (χ2n) is 36.7. The van der Waals surface area contributed by atoms with E-state index in [0.717, 1.165) is 0 Å². The van der Waals surface area contributed by atoms with Crippen LogP contribution in [0.2, 0.25) is 0 Å². The van der Waals surface area contributed by atoms with E-state index in [9.17, 15) is 0 Å². The molecule has 0 nitrogen and oxygen atoms in total. The SMILES string of the molecule is c1ccc(-c2cc(-c3ccccc3)cc(-c3c4ccccc4c(-c4ccc5ccccc5c4)c4cc(-c5ccc6ccccc6c5)ccc34)c2)cc1.c1ccc(-c2ccc(-c3c4ccccc4c(-c4cccc5ccccc45)c4cc(-c5ccccc5)ccc34)cc2)cc1.c1ccc(-c2cccc(-c3c4ccccc4c(-c4ccc5ccccc5c4)c4cc(-c5ccc6ccccc6c5)ccc34)c2)cc1. The highest BCUT2D eigenvalue weighted by Gasteiger charge is 2.25. The number of hydrogen-bond donors (Lipinski definition) is 0. The zero-order valence-corrected chi connectivity index (χ0v) is 77.1. The van der Waals surface area contributed by atoms with Crippen molar-refractivity contribution in [3.05, 3.63) is 558 Å². The molecular weight excluding hydrogens is 1680 g/mol. The summed E-state index contributed by atoms with van der Waals surface area (Å²) in [6.07, 6.45) is 0. The lowest BCUT2D eigenvalue weighted by Gasteiger charge is -2.20. The van der Waals surface area contributed by atoms with Gasteiger partial charge in [-0.2, -0.15) is 0 Å². The zero-order chi connectivity index (χ0) is 92.8. The monoisotopic (exact) mass is 1770 g/mol. The van der Waals surface area contributed by atoms with Crippen LogP contribution in [-0.2, 0) is 0 Å². The van der Waals surface area contributed by atoms with Crippen molar-refractivity contribution in [2.45, 2.75) is 0 Å². The maximum atomic E-state index is 2.43. The molecule has 0 heterocycles. The van der Waals surface area contributed by atoms with Crippen molar-refractivity contribution in [1.82, 2.24) is 0 Å². The van der Waals surface area contributed by atoms with Crippen LogP contribution >= 0.6 is 0 Å². The van der Waals surface area contributed by atoms with Crippen LogP contribution in [-0.4, -0.2) is 0 Å². The minimum Gasteiger partial charge on any atom is -0.0622 e. The molecule has 0 amide bonds. The standard InChI is InChI=1S/C52H34.C46H30.C42H28/c1-3-13-35(14-4-1)44-31-45(36-15-5-2-6-16-36)33-46(32-44)52-48-22-12-11-21-47(48)51(43-26-24-38-18-8-10-20-40(38)30-43)50-34-42(27-28-49(50)52)41-25-23-37-17-7-9-19-39(37)29-41;1-2-11-31(12-3-1)36-17-10-18-39(28-36)45-41-19-8-9-20-42(41)46(40-24-22-33-14-5-7-16-35(33)29-40)44-30-38(25-26-43(44)45)37-23-21-32-13-4-6-15-34(32)27-37;1-3-12-29(13-4-1)31-22-24-33(25-23-31)41-37-19-9-10-20-38(37)42(36-21-11-17-32-16-7-8-18-35(32)36)40-28-34(26-27-39(40)41)30-14-5-2-6-15-30/h1-34H;1-30H;1-28H. The first-order valence-corrected chi connectivity index (χ1v) is 48.5. The number of rotatable bonds is 13. The van der Waals surface area contributed by atoms with Crippen LogP contribution < -0.4 is 0 Å². The molecule has 27 aromatic rings. The molecule has 0 N–H and O–H groups in total. The first-order chi connectivity index (χ1) is 69.4. The van der Waals surface area contributed by atoms with Crippen molar-refractivity contribution in [3.8, 4) is 145 Å². The highest BCUT2D eigenvalue weighted by molar-refractivity contribution is 6.27. The van der Waals surface area contributed by atoms with Gasteiger partial charge in [-0.25, -0.2) is 0 Å². The molecular formula is C140H92. The van der Waals surface area contributed by atoms with Gasteiger partial charge in [0.25, 0.3) is 0 Å². The molecule has 0 fully saturated rings. The molecule has 0 aliphatic carbocycles. The Bertz CT molecular complexity index is 9380. The van der Waals surface area contributed by atoms with E-state index in [2.05, 4.69) is 558 Å². The van der Waals surface area contributed by atoms with Gasteiger partial charge in [-0.05, 0) is 330 Å². The Balaban J connectivity index is 0.000000111. The first kappa shape index (κ1) is 83.6. The van der Waals surface area contributed by atoms with E-state index in [-0.39, 0.29) is 0 Å². The summed E-state index contributed by atoms with van der Waals surface area (Å²) < 4.78 is 0. The fraction of sp³-hybridized carbons (Fsp3) is 0. The summed E-state index contributed by atoms with van der Waals surface area (Å²) >= 11 is 0.